The van der Waals surface area contributed by atoms with Crippen LogP contribution in [0.5, 0.6) is 11.5 Å². The van der Waals surface area contributed by atoms with Crippen molar-refractivity contribution in [3.05, 3.63) is 78.3 Å². The zero-order valence-electron chi connectivity index (χ0n) is 10.8. The molecule has 0 aliphatic rings. The molecule has 102 valence electrons. The molecule has 0 atom stereocenters. The van der Waals surface area contributed by atoms with Gasteiger partial charge in [-0.25, -0.2) is 0 Å². The Morgan fingerprint density at radius 2 is 1.40 bits per heavy atom. The molecule has 0 bridgehead atoms. The fourth-order valence-corrected chi connectivity index (χ4v) is 2.52. The first-order chi connectivity index (χ1) is 9.88. The molecule has 0 spiro atoms. The highest BCUT2D eigenvalue weighted by molar-refractivity contribution is 7.51. The maximum absolute atomic E-state index is 5.83. The summed E-state index contributed by atoms with van der Waals surface area (Å²) in [6.07, 6.45) is 1.72. The monoisotopic (exact) mass is 304 g/mol. The Morgan fingerprint density at radius 3 is 1.85 bits per heavy atom. The maximum Gasteiger partial charge on any atom is 0.326 e. The molecule has 0 heterocycles. The molecule has 0 radical (unpaired) electrons. The Kier molecular flexibility index (Phi) is 6.20. The average molecular weight is 305 g/mol. The number of alkyl halides is 1. The molecule has 0 amide bonds. The Bertz CT molecular complexity index is 524. The highest BCUT2D eigenvalue weighted by Gasteiger charge is 2.10. The molecular formula is C16H14ClO2P. The number of hydrogen-bond donors (Lipinski definition) is 0. The summed E-state index contributed by atoms with van der Waals surface area (Å²) >= 11 is 5.59. The van der Waals surface area contributed by atoms with Crippen LogP contribution in [0.4, 0.5) is 0 Å². The van der Waals surface area contributed by atoms with Crippen LogP contribution in [-0.2, 0) is 0 Å². The first-order valence-electron chi connectivity index (χ1n) is 6.11. The molecule has 0 aliphatic carbocycles. The smallest absolute Gasteiger partial charge is 0.326 e. The molecule has 0 aliphatic heterocycles. The van der Waals surface area contributed by atoms with Crippen molar-refractivity contribution in [2.45, 2.75) is 0 Å². The van der Waals surface area contributed by atoms with E-state index in [1.54, 1.807) is 11.9 Å². The van der Waals surface area contributed by atoms with Crippen molar-refractivity contribution < 1.29 is 9.05 Å². The summed E-state index contributed by atoms with van der Waals surface area (Å²) in [6.45, 7) is 0. The first-order valence-corrected chi connectivity index (χ1v) is 7.89. The molecule has 2 rings (SSSR count). The minimum atomic E-state index is -1.25. The van der Waals surface area contributed by atoms with Gasteiger partial charge in [-0.3, -0.25) is 0 Å². The predicted octanol–water partition coefficient (Wildman–Crippen LogP) is 5.36. The first kappa shape index (κ1) is 14.7. The van der Waals surface area contributed by atoms with Gasteiger partial charge in [0.05, 0.1) is 5.82 Å². The van der Waals surface area contributed by atoms with Gasteiger partial charge in [0.2, 0.25) is 0 Å². The zero-order chi connectivity index (χ0) is 14.0. The van der Waals surface area contributed by atoms with E-state index in [9.17, 15) is 0 Å². The molecule has 0 unspecified atom stereocenters. The number of para-hydroxylation sites is 2. The molecule has 20 heavy (non-hydrogen) atoms. The van der Waals surface area contributed by atoms with Gasteiger partial charge in [0, 0.05) is 5.88 Å². The Morgan fingerprint density at radius 1 is 0.900 bits per heavy atom. The molecule has 4 heteroatoms. The topological polar surface area (TPSA) is 18.5 Å². The summed E-state index contributed by atoms with van der Waals surface area (Å²) in [4.78, 5) is 0. The third-order valence-corrected chi connectivity index (χ3v) is 3.55. The van der Waals surface area contributed by atoms with Gasteiger partial charge < -0.3 is 9.05 Å². The molecule has 0 saturated heterocycles. The lowest BCUT2D eigenvalue weighted by Gasteiger charge is -2.14. The Labute approximate surface area is 125 Å². The number of hydrogen-bond acceptors (Lipinski definition) is 2. The third kappa shape index (κ3) is 5.11. The van der Waals surface area contributed by atoms with Crippen LogP contribution in [0.2, 0.25) is 0 Å². The average Bonchev–Trinajstić information content (AvgIpc) is 2.49. The van der Waals surface area contributed by atoms with E-state index in [0.717, 1.165) is 11.5 Å². The van der Waals surface area contributed by atoms with Crippen LogP contribution in [0.25, 0.3) is 0 Å². The summed E-state index contributed by atoms with van der Waals surface area (Å²) in [7, 11) is -1.25. The van der Waals surface area contributed by atoms with Crippen LogP contribution >= 0.6 is 20.0 Å². The van der Waals surface area contributed by atoms with Gasteiger partial charge in [0.25, 0.3) is 0 Å². The molecule has 2 nitrogen and oxygen atoms in total. The number of allylic oxidation sites excluding steroid dienone is 1. The van der Waals surface area contributed by atoms with Gasteiger partial charge in [-0.2, -0.15) is 0 Å². The van der Waals surface area contributed by atoms with Crippen molar-refractivity contribution >= 4 is 20.0 Å². The zero-order valence-corrected chi connectivity index (χ0v) is 12.4. The summed E-state index contributed by atoms with van der Waals surface area (Å²) in [6, 6.07) is 19.1. The lowest BCUT2D eigenvalue weighted by atomic mass is 10.3. The van der Waals surface area contributed by atoms with Gasteiger partial charge >= 0.3 is 8.38 Å². The second-order valence-corrected chi connectivity index (χ2v) is 5.25. The molecule has 2 aromatic carbocycles. The van der Waals surface area contributed by atoms with Gasteiger partial charge in [0.15, 0.2) is 0 Å². The van der Waals surface area contributed by atoms with Gasteiger partial charge in [-0.05, 0) is 30.3 Å². The van der Waals surface area contributed by atoms with Crippen molar-refractivity contribution in [1.29, 1.82) is 0 Å². The third-order valence-electron chi connectivity index (χ3n) is 2.25. The normalized spacial score (nSPS) is 9.70. The molecule has 2 aromatic rings. The lowest BCUT2D eigenvalue weighted by Crippen LogP contribution is -1.92. The predicted molar refractivity (Wildman–Crippen MR) is 84.4 cm³/mol. The SMILES string of the molecule is ClCC=C=CP(Oc1ccccc1)Oc1ccccc1. The number of halogens is 1. The van der Waals surface area contributed by atoms with E-state index < -0.39 is 8.38 Å². The fourth-order valence-electron chi connectivity index (χ4n) is 1.40. The standard InChI is InChI=1S/C16H14ClO2P/c17-13-7-8-14-20(18-15-9-3-1-4-10-15)19-16-11-5-2-6-12-16/h1-7,9-12,14H,13H2. The van der Waals surface area contributed by atoms with Crippen molar-refractivity contribution in [3.63, 3.8) is 0 Å². The van der Waals surface area contributed by atoms with E-state index in [1.807, 2.05) is 60.7 Å². The second kappa shape index (κ2) is 8.45. The summed E-state index contributed by atoms with van der Waals surface area (Å²) in [5.41, 5.74) is 2.97. The van der Waals surface area contributed by atoms with Crippen LogP contribution in [0.15, 0.2) is 78.3 Å². The van der Waals surface area contributed by atoms with Gasteiger partial charge in [-0.15, -0.1) is 17.3 Å². The van der Waals surface area contributed by atoms with Crippen LogP contribution in [0.3, 0.4) is 0 Å². The molecule has 0 aromatic heterocycles. The quantitative estimate of drug-likeness (QED) is 0.406. The lowest BCUT2D eigenvalue weighted by molar-refractivity contribution is 0.501. The van der Waals surface area contributed by atoms with Gasteiger partial charge in [-0.1, -0.05) is 36.4 Å². The van der Waals surface area contributed by atoms with Crippen molar-refractivity contribution in [2.24, 2.45) is 0 Å². The van der Waals surface area contributed by atoms with Crippen molar-refractivity contribution in [2.75, 3.05) is 5.88 Å². The van der Waals surface area contributed by atoms with Crippen molar-refractivity contribution in [1.82, 2.24) is 0 Å². The van der Waals surface area contributed by atoms with E-state index in [4.69, 9.17) is 20.6 Å². The molecule has 0 fully saturated rings. The van der Waals surface area contributed by atoms with Crippen molar-refractivity contribution in [3.8, 4) is 11.5 Å². The van der Waals surface area contributed by atoms with Crippen LogP contribution in [0, 0.1) is 0 Å². The van der Waals surface area contributed by atoms with Crippen LogP contribution in [0.1, 0.15) is 0 Å². The Balaban J connectivity index is 2.10. The van der Waals surface area contributed by atoms with Crippen LogP contribution in [-0.4, -0.2) is 5.88 Å². The minimum absolute atomic E-state index is 0.413. The summed E-state index contributed by atoms with van der Waals surface area (Å²) in [5, 5.41) is 0. The number of benzene rings is 2. The van der Waals surface area contributed by atoms with Gasteiger partial charge in [0.1, 0.15) is 11.5 Å². The summed E-state index contributed by atoms with van der Waals surface area (Å²) < 4.78 is 11.7. The fraction of sp³-hybridized carbons (Fsp3) is 0.0625. The molecule has 0 saturated carbocycles. The second-order valence-electron chi connectivity index (χ2n) is 3.75. The van der Waals surface area contributed by atoms with E-state index in [0.29, 0.717) is 5.88 Å². The highest BCUT2D eigenvalue weighted by Crippen LogP contribution is 2.41. The van der Waals surface area contributed by atoms with E-state index in [2.05, 4.69) is 5.73 Å². The molecular weight excluding hydrogens is 291 g/mol. The highest BCUT2D eigenvalue weighted by atomic mass is 35.5. The minimum Gasteiger partial charge on any atom is -0.435 e. The maximum atomic E-state index is 5.83. The largest absolute Gasteiger partial charge is 0.435 e. The van der Waals surface area contributed by atoms with E-state index >= 15 is 0 Å². The number of rotatable bonds is 6. The summed E-state index contributed by atoms with van der Waals surface area (Å²) in [5.74, 6) is 3.70. The molecule has 0 N–H and O–H groups in total. The van der Waals surface area contributed by atoms with E-state index in [1.165, 1.54) is 0 Å². The Hall–Kier alpha value is -1.72. The van der Waals surface area contributed by atoms with E-state index in [-0.39, 0.29) is 0 Å². The van der Waals surface area contributed by atoms with Crippen LogP contribution < -0.4 is 9.05 Å².